The summed E-state index contributed by atoms with van der Waals surface area (Å²) in [6, 6.07) is 12.7. The number of hydrogen-bond donors (Lipinski definition) is 1. The van der Waals surface area contributed by atoms with Crippen molar-refractivity contribution in [3.63, 3.8) is 0 Å². The Morgan fingerprint density at radius 3 is 2.59 bits per heavy atom. The zero-order chi connectivity index (χ0) is 19.9. The Hall–Kier alpha value is -2.66. The summed E-state index contributed by atoms with van der Waals surface area (Å²) in [6.07, 6.45) is 12.6. The number of nitrogens with zero attached hydrogens (tertiary/aromatic N) is 3. The average molecular weight is 391 g/mol. The molecule has 1 saturated heterocycles. The highest BCUT2D eigenvalue weighted by atomic mass is 16.1. The van der Waals surface area contributed by atoms with Gasteiger partial charge in [0.15, 0.2) is 0 Å². The standard InChI is InChI=1S/C24H30N4O/c29-24(26-22-10-4-5-11-22)21-17-23(19-25-18-21)28-15-13-27(14-16-28)12-6-9-20-7-2-1-3-8-20/h1-3,6-9,17-19,22H,4-5,10-16H2,(H,26,29)/b9-6+. The third-order valence-electron chi connectivity index (χ3n) is 5.89. The lowest BCUT2D eigenvalue weighted by Crippen LogP contribution is -2.46. The van der Waals surface area contributed by atoms with Crippen LogP contribution in [0.4, 0.5) is 5.69 Å². The summed E-state index contributed by atoms with van der Waals surface area (Å²) < 4.78 is 0. The summed E-state index contributed by atoms with van der Waals surface area (Å²) in [7, 11) is 0. The van der Waals surface area contributed by atoms with Gasteiger partial charge in [-0.2, -0.15) is 0 Å². The first-order valence-electron chi connectivity index (χ1n) is 10.7. The summed E-state index contributed by atoms with van der Waals surface area (Å²) in [5.74, 6) is 0.0101. The molecule has 1 N–H and O–H groups in total. The van der Waals surface area contributed by atoms with E-state index in [0.717, 1.165) is 51.3 Å². The second-order valence-electron chi connectivity index (χ2n) is 7.99. The van der Waals surface area contributed by atoms with Crippen molar-refractivity contribution in [1.29, 1.82) is 0 Å². The van der Waals surface area contributed by atoms with Crippen LogP contribution in [0.5, 0.6) is 0 Å². The minimum atomic E-state index is 0.0101. The molecule has 29 heavy (non-hydrogen) atoms. The van der Waals surface area contributed by atoms with E-state index in [-0.39, 0.29) is 5.91 Å². The molecular weight excluding hydrogens is 360 g/mol. The minimum Gasteiger partial charge on any atom is -0.368 e. The Bertz CT molecular complexity index is 822. The molecule has 1 aliphatic heterocycles. The Labute approximate surface area is 173 Å². The molecule has 1 amide bonds. The molecule has 1 aliphatic carbocycles. The molecule has 2 fully saturated rings. The van der Waals surface area contributed by atoms with Gasteiger partial charge >= 0.3 is 0 Å². The van der Waals surface area contributed by atoms with E-state index >= 15 is 0 Å². The van der Waals surface area contributed by atoms with Crippen molar-refractivity contribution < 1.29 is 4.79 Å². The number of anilines is 1. The Morgan fingerprint density at radius 2 is 1.83 bits per heavy atom. The fraction of sp³-hybridized carbons (Fsp3) is 0.417. The number of rotatable bonds is 6. The molecule has 0 bridgehead atoms. The normalized spacial score (nSPS) is 18.4. The molecule has 1 aromatic heterocycles. The molecular formula is C24H30N4O. The Morgan fingerprint density at radius 1 is 1.07 bits per heavy atom. The highest BCUT2D eigenvalue weighted by Crippen LogP contribution is 2.20. The van der Waals surface area contributed by atoms with Gasteiger partial charge in [-0.25, -0.2) is 0 Å². The molecule has 1 aromatic carbocycles. The molecule has 5 nitrogen and oxygen atoms in total. The molecule has 0 spiro atoms. The van der Waals surface area contributed by atoms with Crippen molar-refractivity contribution in [3.8, 4) is 0 Å². The smallest absolute Gasteiger partial charge is 0.253 e. The lowest BCUT2D eigenvalue weighted by atomic mass is 10.2. The van der Waals surface area contributed by atoms with Crippen LogP contribution in [0.25, 0.3) is 6.08 Å². The van der Waals surface area contributed by atoms with Crippen LogP contribution in [0.2, 0.25) is 0 Å². The van der Waals surface area contributed by atoms with E-state index in [1.165, 1.54) is 18.4 Å². The minimum absolute atomic E-state index is 0.0101. The monoisotopic (exact) mass is 390 g/mol. The van der Waals surface area contributed by atoms with Crippen molar-refractivity contribution in [3.05, 3.63) is 66.0 Å². The van der Waals surface area contributed by atoms with E-state index < -0.39 is 0 Å². The summed E-state index contributed by atoms with van der Waals surface area (Å²) in [4.78, 5) is 21.7. The maximum Gasteiger partial charge on any atom is 0.253 e. The van der Waals surface area contributed by atoms with Crippen LogP contribution < -0.4 is 10.2 Å². The molecule has 0 atom stereocenters. The van der Waals surface area contributed by atoms with Crippen molar-refractivity contribution in [1.82, 2.24) is 15.2 Å². The van der Waals surface area contributed by atoms with Crippen molar-refractivity contribution in [2.45, 2.75) is 31.7 Å². The Balaban J connectivity index is 1.28. The predicted molar refractivity (Wildman–Crippen MR) is 118 cm³/mol. The summed E-state index contributed by atoms with van der Waals surface area (Å²) in [5, 5.41) is 3.16. The third-order valence-corrected chi connectivity index (χ3v) is 5.89. The first-order chi connectivity index (χ1) is 14.3. The highest BCUT2D eigenvalue weighted by Gasteiger charge is 2.20. The molecule has 152 valence electrons. The predicted octanol–water partition coefficient (Wildman–Crippen LogP) is 3.59. The van der Waals surface area contributed by atoms with Gasteiger partial charge in [0.1, 0.15) is 0 Å². The molecule has 2 aliphatic rings. The number of hydrogen-bond acceptors (Lipinski definition) is 4. The molecule has 0 unspecified atom stereocenters. The van der Waals surface area contributed by atoms with Gasteiger partial charge in [-0.1, -0.05) is 55.3 Å². The molecule has 2 heterocycles. The summed E-state index contributed by atoms with van der Waals surface area (Å²) in [5.41, 5.74) is 2.95. The number of amides is 1. The van der Waals surface area contributed by atoms with Crippen molar-refractivity contribution in [2.24, 2.45) is 0 Å². The van der Waals surface area contributed by atoms with E-state index in [1.807, 2.05) is 18.3 Å². The van der Waals surface area contributed by atoms with E-state index in [0.29, 0.717) is 11.6 Å². The first kappa shape index (κ1) is 19.6. The van der Waals surface area contributed by atoms with Crippen molar-refractivity contribution >= 4 is 17.7 Å². The third kappa shape index (κ3) is 5.45. The van der Waals surface area contributed by atoms with Gasteiger partial charge < -0.3 is 10.2 Å². The van der Waals surface area contributed by atoms with Crippen LogP contribution in [-0.4, -0.2) is 54.6 Å². The second kappa shape index (κ2) is 9.70. The van der Waals surface area contributed by atoms with E-state index in [4.69, 9.17) is 0 Å². The van der Waals surface area contributed by atoms with Crippen LogP contribution in [0.3, 0.4) is 0 Å². The highest BCUT2D eigenvalue weighted by molar-refractivity contribution is 5.95. The maximum absolute atomic E-state index is 12.5. The number of carbonyl (C=O) groups is 1. The first-order valence-corrected chi connectivity index (χ1v) is 10.7. The van der Waals surface area contributed by atoms with Gasteiger partial charge in [0.2, 0.25) is 0 Å². The molecule has 4 rings (SSSR count). The SMILES string of the molecule is O=C(NC1CCCC1)c1cncc(N2CCN(C/C=C/c3ccccc3)CC2)c1. The number of carbonyl (C=O) groups excluding carboxylic acids is 1. The van der Waals surface area contributed by atoms with Gasteiger partial charge in [0.25, 0.3) is 5.91 Å². The van der Waals surface area contributed by atoms with Gasteiger partial charge in [0, 0.05) is 45.0 Å². The number of aromatic nitrogens is 1. The quantitative estimate of drug-likeness (QED) is 0.819. The van der Waals surface area contributed by atoms with E-state index in [9.17, 15) is 4.79 Å². The van der Waals surface area contributed by atoms with Crippen molar-refractivity contribution in [2.75, 3.05) is 37.6 Å². The van der Waals surface area contributed by atoms with E-state index in [1.54, 1.807) is 6.20 Å². The average Bonchev–Trinajstić information content (AvgIpc) is 3.28. The van der Waals surface area contributed by atoms with Gasteiger partial charge in [-0.15, -0.1) is 0 Å². The zero-order valence-corrected chi connectivity index (χ0v) is 17.0. The zero-order valence-electron chi connectivity index (χ0n) is 17.0. The molecule has 1 saturated carbocycles. The van der Waals surface area contributed by atoms with Crippen LogP contribution >= 0.6 is 0 Å². The number of nitrogens with one attached hydrogen (secondary N) is 1. The number of benzene rings is 1. The molecule has 5 heteroatoms. The topological polar surface area (TPSA) is 48.5 Å². The number of piperazine rings is 1. The summed E-state index contributed by atoms with van der Waals surface area (Å²) in [6.45, 7) is 4.89. The molecule has 2 aromatic rings. The van der Waals surface area contributed by atoms with Crippen LogP contribution in [0, 0.1) is 0 Å². The van der Waals surface area contributed by atoms with Crippen LogP contribution in [0.1, 0.15) is 41.6 Å². The van der Waals surface area contributed by atoms with Gasteiger partial charge in [0.05, 0.1) is 17.4 Å². The second-order valence-corrected chi connectivity index (χ2v) is 7.99. The van der Waals surface area contributed by atoms with Gasteiger partial charge in [-0.05, 0) is 24.5 Å². The lowest BCUT2D eigenvalue weighted by molar-refractivity contribution is 0.0937. The van der Waals surface area contributed by atoms with Crippen LogP contribution in [-0.2, 0) is 0 Å². The molecule has 0 radical (unpaired) electrons. The van der Waals surface area contributed by atoms with E-state index in [2.05, 4.69) is 56.5 Å². The Kier molecular flexibility index (Phi) is 6.57. The largest absolute Gasteiger partial charge is 0.368 e. The summed E-state index contributed by atoms with van der Waals surface area (Å²) >= 11 is 0. The maximum atomic E-state index is 12.5. The van der Waals surface area contributed by atoms with Crippen LogP contribution in [0.15, 0.2) is 54.9 Å². The van der Waals surface area contributed by atoms with Gasteiger partial charge in [-0.3, -0.25) is 14.7 Å². The number of pyridine rings is 1. The fourth-order valence-corrected chi connectivity index (χ4v) is 4.15. The fourth-order valence-electron chi connectivity index (χ4n) is 4.15. The lowest BCUT2D eigenvalue weighted by Gasteiger charge is -2.35.